The van der Waals surface area contributed by atoms with Crippen molar-refractivity contribution >= 4 is 11.8 Å². The Morgan fingerprint density at radius 2 is 1.95 bits per heavy atom. The van der Waals surface area contributed by atoms with Crippen molar-refractivity contribution in [3.8, 4) is 0 Å². The van der Waals surface area contributed by atoms with E-state index in [1.165, 1.54) is 5.56 Å². The van der Waals surface area contributed by atoms with Gasteiger partial charge in [0.25, 0.3) is 0 Å². The van der Waals surface area contributed by atoms with Crippen molar-refractivity contribution < 1.29 is 4.39 Å². The predicted molar refractivity (Wildman–Crippen MR) is 82.5 cm³/mol. The molecule has 3 rings (SSSR count). The molecule has 1 unspecified atom stereocenters. The molecule has 104 valence electrons. The molecule has 2 atom stereocenters. The van der Waals surface area contributed by atoms with Crippen LogP contribution in [-0.4, -0.2) is 5.75 Å². The maximum atomic E-state index is 13.9. The lowest BCUT2D eigenvalue weighted by molar-refractivity contribution is 0.444. The highest BCUT2D eigenvalue weighted by Crippen LogP contribution is 2.38. The first-order valence-corrected chi connectivity index (χ1v) is 7.96. The highest BCUT2D eigenvalue weighted by atomic mass is 32.2. The second kappa shape index (κ2) is 5.98. The zero-order valence-electron chi connectivity index (χ0n) is 11.5. The summed E-state index contributed by atoms with van der Waals surface area (Å²) in [4.78, 5) is 0.816. The van der Waals surface area contributed by atoms with Crippen LogP contribution in [0.15, 0.2) is 53.4 Å². The van der Waals surface area contributed by atoms with Gasteiger partial charge in [0.2, 0.25) is 0 Å². The summed E-state index contributed by atoms with van der Waals surface area (Å²) in [5, 5.41) is 3.64. The largest absolute Gasteiger partial charge is 0.303 e. The summed E-state index contributed by atoms with van der Waals surface area (Å²) in [7, 11) is 0. The first-order chi connectivity index (χ1) is 9.75. The van der Waals surface area contributed by atoms with Gasteiger partial charge in [0.15, 0.2) is 0 Å². The van der Waals surface area contributed by atoms with Crippen LogP contribution in [0.3, 0.4) is 0 Å². The van der Waals surface area contributed by atoms with Crippen LogP contribution < -0.4 is 5.32 Å². The van der Waals surface area contributed by atoms with Crippen LogP contribution in [0.4, 0.5) is 4.39 Å². The molecule has 0 radical (unpaired) electrons. The molecule has 0 aliphatic carbocycles. The topological polar surface area (TPSA) is 12.0 Å². The van der Waals surface area contributed by atoms with E-state index in [1.54, 1.807) is 17.8 Å². The summed E-state index contributed by atoms with van der Waals surface area (Å²) in [5.74, 6) is 0.874. The minimum Gasteiger partial charge on any atom is -0.303 e. The van der Waals surface area contributed by atoms with Gasteiger partial charge in [-0.15, -0.1) is 11.8 Å². The van der Waals surface area contributed by atoms with Crippen LogP contribution in [0, 0.1) is 5.82 Å². The van der Waals surface area contributed by atoms with Gasteiger partial charge in [-0.05, 0) is 36.3 Å². The summed E-state index contributed by atoms with van der Waals surface area (Å²) in [6, 6.07) is 16.3. The number of hydrogen-bond acceptors (Lipinski definition) is 2. The van der Waals surface area contributed by atoms with Gasteiger partial charge in [-0.25, -0.2) is 4.39 Å². The van der Waals surface area contributed by atoms with Crippen molar-refractivity contribution in [2.45, 2.75) is 30.3 Å². The third-order valence-corrected chi connectivity index (χ3v) is 4.94. The van der Waals surface area contributed by atoms with Crippen molar-refractivity contribution in [3.63, 3.8) is 0 Å². The fourth-order valence-corrected chi connectivity index (χ4v) is 3.84. The Balaban J connectivity index is 1.82. The molecule has 1 nitrogen and oxygen atoms in total. The molecule has 1 N–H and O–H groups in total. The van der Waals surface area contributed by atoms with E-state index in [0.717, 1.165) is 22.6 Å². The second-order valence-electron chi connectivity index (χ2n) is 5.15. The van der Waals surface area contributed by atoms with Crippen LogP contribution in [-0.2, 0) is 0 Å². The fourth-order valence-electron chi connectivity index (χ4n) is 2.70. The number of halogens is 1. The number of nitrogens with one attached hydrogen (secondary N) is 1. The van der Waals surface area contributed by atoms with Crippen molar-refractivity contribution in [2.75, 3.05) is 5.75 Å². The quantitative estimate of drug-likeness (QED) is 0.877. The van der Waals surface area contributed by atoms with E-state index < -0.39 is 0 Å². The van der Waals surface area contributed by atoms with E-state index >= 15 is 0 Å². The molecule has 0 aromatic heterocycles. The summed E-state index contributed by atoms with van der Waals surface area (Å²) in [5.41, 5.74) is 2.37. The van der Waals surface area contributed by atoms with Crippen LogP contribution in [0.2, 0.25) is 0 Å². The number of thioether (sulfide) groups is 1. The third kappa shape index (κ3) is 2.74. The van der Waals surface area contributed by atoms with Crippen LogP contribution in [0.1, 0.15) is 36.6 Å². The molecule has 2 aromatic rings. The second-order valence-corrected chi connectivity index (χ2v) is 6.25. The molecule has 1 aliphatic rings. The molecule has 3 heteroatoms. The van der Waals surface area contributed by atoms with E-state index in [0.29, 0.717) is 0 Å². The predicted octanol–water partition coefficient (Wildman–Crippen LogP) is 4.71. The van der Waals surface area contributed by atoms with Gasteiger partial charge in [-0.1, -0.05) is 42.5 Å². The molecule has 0 saturated heterocycles. The van der Waals surface area contributed by atoms with Crippen LogP contribution in [0.5, 0.6) is 0 Å². The van der Waals surface area contributed by atoms with Crippen molar-refractivity contribution in [1.29, 1.82) is 0 Å². The van der Waals surface area contributed by atoms with Crippen molar-refractivity contribution in [1.82, 2.24) is 5.32 Å². The van der Waals surface area contributed by atoms with Gasteiger partial charge in [0, 0.05) is 17.0 Å². The van der Waals surface area contributed by atoms with Crippen LogP contribution in [0.25, 0.3) is 0 Å². The lowest BCUT2D eigenvalue weighted by atomic mass is 10.0. The van der Waals surface area contributed by atoms with E-state index in [2.05, 4.69) is 36.5 Å². The minimum atomic E-state index is -0.0913. The maximum Gasteiger partial charge on any atom is 0.137 e. The maximum absolute atomic E-state index is 13.9. The molecule has 0 spiro atoms. The SMILES string of the molecule is C[C@@H](NC1CCSc2c(F)cccc21)c1ccccc1. The molecule has 0 saturated carbocycles. The molecule has 2 aromatic carbocycles. The Labute approximate surface area is 123 Å². The number of fused-ring (bicyclic) bond motifs is 1. The Bertz CT molecular complexity index is 585. The minimum absolute atomic E-state index is 0.0913. The van der Waals surface area contributed by atoms with Gasteiger partial charge in [-0.2, -0.15) is 0 Å². The average molecular weight is 287 g/mol. The lowest BCUT2D eigenvalue weighted by Gasteiger charge is -2.29. The molecular weight excluding hydrogens is 269 g/mol. The Kier molecular flexibility index (Phi) is 4.08. The molecule has 1 aliphatic heterocycles. The van der Waals surface area contributed by atoms with Gasteiger partial charge in [0.1, 0.15) is 5.82 Å². The average Bonchev–Trinajstić information content (AvgIpc) is 2.49. The molecule has 0 amide bonds. The first kappa shape index (κ1) is 13.7. The Morgan fingerprint density at radius 1 is 1.15 bits per heavy atom. The number of hydrogen-bond donors (Lipinski definition) is 1. The Hall–Kier alpha value is -1.32. The van der Waals surface area contributed by atoms with Gasteiger partial charge >= 0.3 is 0 Å². The van der Waals surface area contributed by atoms with Crippen LogP contribution >= 0.6 is 11.8 Å². The zero-order chi connectivity index (χ0) is 13.9. The molecule has 0 bridgehead atoms. The monoisotopic (exact) mass is 287 g/mol. The van der Waals surface area contributed by atoms with Crippen molar-refractivity contribution in [2.24, 2.45) is 0 Å². The molecular formula is C17H18FNS. The van der Waals surface area contributed by atoms with Gasteiger partial charge in [0.05, 0.1) is 0 Å². The fraction of sp³-hybridized carbons (Fsp3) is 0.294. The molecule has 1 heterocycles. The van der Waals surface area contributed by atoms with Crippen molar-refractivity contribution in [3.05, 3.63) is 65.5 Å². The summed E-state index contributed by atoms with van der Waals surface area (Å²) in [6.45, 7) is 2.16. The summed E-state index contributed by atoms with van der Waals surface area (Å²) in [6.07, 6.45) is 1.04. The van der Waals surface area contributed by atoms with E-state index in [-0.39, 0.29) is 17.9 Å². The Morgan fingerprint density at radius 3 is 2.75 bits per heavy atom. The molecule has 20 heavy (non-hydrogen) atoms. The van der Waals surface area contributed by atoms with E-state index in [4.69, 9.17) is 0 Å². The highest BCUT2D eigenvalue weighted by molar-refractivity contribution is 7.99. The smallest absolute Gasteiger partial charge is 0.137 e. The first-order valence-electron chi connectivity index (χ1n) is 6.98. The lowest BCUT2D eigenvalue weighted by Crippen LogP contribution is -2.27. The number of benzene rings is 2. The number of rotatable bonds is 3. The summed E-state index contributed by atoms with van der Waals surface area (Å²) < 4.78 is 13.9. The van der Waals surface area contributed by atoms with E-state index in [1.807, 2.05) is 18.2 Å². The standard InChI is InChI=1S/C17H18FNS/c1-12(13-6-3-2-4-7-13)19-16-10-11-20-17-14(16)8-5-9-15(17)18/h2-9,12,16,19H,10-11H2,1H3/t12-,16?/m1/s1. The van der Waals surface area contributed by atoms with Gasteiger partial charge in [-0.3, -0.25) is 0 Å². The zero-order valence-corrected chi connectivity index (χ0v) is 12.3. The van der Waals surface area contributed by atoms with E-state index in [9.17, 15) is 4.39 Å². The third-order valence-electron chi connectivity index (χ3n) is 3.78. The normalized spacial score (nSPS) is 19.4. The van der Waals surface area contributed by atoms with Gasteiger partial charge < -0.3 is 5.32 Å². The summed E-state index contributed by atoms with van der Waals surface area (Å²) >= 11 is 1.63. The highest BCUT2D eigenvalue weighted by Gasteiger charge is 2.24. The molecule has 0 fully saturated rings.